The van der Waals surface area contributed by atoms with Crippen molar-refractivity contribution < 1.29 is 15.0 Å². The van der Waals surface area contributed by atoms with Crippen molar-refractivity contribution in [3.63, 3.8) is 0 Å². The number of phenols is 2. The summed E-state index contributed by atoms with van der Waals surface area (Å²) in [6.07, 6.45) is 3.13. The molecule has 3 N–H and O–H groups in total. The first-order chi connectivity index (χ1) is 7.68. The molecule has 1 fully saturated rings. The Kier molecular flexibility index (Phi) is 2.76. The lowest BCUT2D eigenvalue weighted by atomic mass is 10.2. The van der Waals surface area contributed by atoms with Crippen LogP contribution in [0.3, 0.4) is 0 Å². The smallest absolute Gasteiger partial charge is 0.243 e. The summed E-state index contributed by atoms with van der Waals surface area (Å²) in [6, 6.07) is 4.54. The number of aromatic hydroxyl groups is 2. The molecular weight excluding hydrogens is 208 g/mol. The van der Waals surface area contributed by atoms with E-state index in [1.165, 1.54) is 12.3 Å². The van der Waals surface area contributed by atoms with Crippen molar-refractivity contribution in [2.75, 3.05) is 0 Å². The predicted octanol–water partition coefficient (Wildman–Crippen LogP) is 0.958. The number of nitrogens with zero attached hydrogens (tertiary/aromatic N) is 1. The van der Waals surface area contributed by atoms with E-state index in [0.29, 0.717) is 5.56 Å². The van der Waals surface area contributed by atoms with Crippen LogP contribution in [-0.2, 0) is 4.79 Å². The number of carbonyl (C=O) groups excluding carboxylic acids is 1. The first-order valence-corrected chi connectivity index (χ1v) is 5.02. The Morgan fingerprint density at radius 2 is 2.19 bits per heavy atom. The zero-order chi connectivity index (χ0) is 11.5. The molecule has 0 spiro atoms. The van der Waals surface area contributed by atoms with Gasteiger partial charge in [-0.2, -0.15) is 5.10 Å². The van der Waals surface area contributed by atoms with Gasteiger partial charge in [0.2, 0.25) is 5.91 Å². The van der Waals surface area contributed by atoms with E-state index in [9.17, 15) is 15.0 Å². The maximum Gasteiger partial charge on any atom is 0.243 e. The van der Waals surface area contributed by atoms with Gasteiger partial charge in [-0.15, -0.1) is 0 Å². The van der Waals surface area contributed by atoms with Crippen molar-refractivity contribution >= 4 is 12.1 Å². The molecule has 0 unspecified atom stereocenters. The van der Waals surface area contributed by atoms with E-state index in [2.05, 4.69) is 10.5 Å². The van der Waals surface area contributed by atoms with Crippen LogP contribution in [0.1, 0.15) is 18.4 Å². The molecule has 0 atom stereocenters. The molecule has 2 rings (SSSR count). The second-order valence-electron chi connectivity index (χ2n) is 3.72. The van der Waals surface area contributed by atoms with Gasteiger partial charge in [-0.25, -0.2) is 5.43 Å². The molecule has 5 heteroatoms. The average molecular weight is 220 g/mol. The molecule has 16 heavy (non-hydrogen) atoms. The van der Waals surface area contributed by atoms with Crippen LogP contribution in [0.4, 0.5) is 0 Å². The topological polar surface area (TPSA) is 81.9 Å². The summed E-state index contributed by atoms with van der Waals surface area (Å²) in [5.41, 5.74) is 2.74. The first kappa shape index (κ1) is 10.5. The number of phenolic OH excluding ortho intramolecular Hbond substituents is 2. The van der Waals surface area contributed by atoms with Crippen LogP contribution < -0.4 is 5.43 Å². The van der Waals surface area contributed by atoms with Crippen LogP contribution in [0, 0.1) is 5.92 Å². The summed E-state index contributed by atoms with van der Waals surface area (Å²) in [5.74, 6) is -0.463. The van der Waals surface area contributed by atoms with Crippen molar-refractivity contribution in [1.82, 2.24) is 5.43 Å². The monoisotopic (exact) mass is 220 g/mol. The molecule has 1 aromatic carbocycles. The van der Waals surface area contributed by atoms with Crippen molar-refractivity contribution in [1.29, 1.82) is 0 Å². The highest BCUT2D eigenvalue weighted by molar-refractivity contribution is 5.87. The molecule has 1 saturated carbocycles. The number of benzene rings is 1. The summed E-state index contributed by atoms with van der Waals surface area (Å²) in [7, 11) is 0. The van der Waals surface area contributed by atoms with E-state index < -0.39 is 0 Å². The molecule has 1 amide bonds. The summed E-state index contributed by atoms with van der Waals surface area (Å²) in [4.78, 5) is 11.2. The number of rotatable bonds is 3. The van der Waals surface area contributed by atoms with Crippen LogP contribution in [0.5, 0.6) is 11.5 Å². The van der Waals surface area contributed by atoms with Crippen molar-refractivity contribution in [2.24, 2.45) is 11.0 Å². The fourth-order valence-electron chi connectivity index (χ4n) is 1.26. The maximum absolute atomic E-state index is 11.2. The Morgan fingerprint density at radius 1 is 1.44 bits per heavy atom. The van der Waals surface area contributed by atoms with Gasteiger partial charge in [0.1, 0.15) is 0 Å². The van der Waals surface area contributed by atoms with Crippen LogP contribution in [0.25, 0.3) is 0 Å². The standard InChI is InChI=1S/C11H12N2O3/c14-9-3-1-2-8(10(9)15)6-12-13-11(16)7-4-5-7/h1-3,6-7,14-15H,4-5H2,(H,13,16)/b12-6+. The fraction of sp³-hybridized carbons (Fsp3) is 0.273. The zero-order valence-electron chi connectivity index (χ0n) is 8.55. The fourth-order valence-corrected chi connectivity index (χ4v) is 1.26. The molecule has 0 aliphatic heterocycles. The number of hydrogen-bond donors (Lipinski definition) is 3. The van der Waals surface area contributed by atoms with E-state index in [1.807, 2.05) is 0 Å². The Labute approximate surface area is 92.4 Å². The Morgan fingerprint density at radius 3 is 2.88 bits per heavy atom. The lowest BCUT2D eigenvalue weighted by Crippen LogP contribution is -2.18. The zero-order valence-corrected chi connectivity index (χ0v) is 8.55. The highest BCUT2D eigenvalue weighted by Crippen LogP contribution is 2.29. The van der Waals surface area contributed by atoms with E-state index in [4.69, 9.17) is 0 Å². The van der Waals surface area contributed by atoms with E-state index in [1.54, 1.807) is 12.1 Å². The van der Waals surface area contributed by atoms with Gasteiger partial charge in [-0.1, -0.05) is 6.07 Å². The highest BCUT2D eigenvalue weighted by Gasteiger charge is 2.29. The van der Waals surface area contributed by atoms with Gasteiger partial charge >= 0.3 is 0 Å². The van der Waals surface area contributed by atoms with Crippen molar-refractivity contribution in [3.05, 3.63) is 23.8 Å². The minimum absolute atomic E-state index is 0.0925. The summed E-state index contributed by atoms with van der Waals surface area (Å²) in [6.45, 7) is 0. The minimum Gasteiger partial charge on any atom is -0.504 e. The molecule has 1 aliphatic rings. The number of para-hydroxylation sites is 1. The van der Waals surface area contributed by atoms with Gasteiger partial charge in [0.05, 0.1) is 6.21 Å². The molecule has 0 saturated heterocycles. The van der Waals surface area contributed by atoms with E-state index >= 15 is 0 Å². The largest absolute Gasteiger partial charge is 0.504 e. The number of hydrazone groups is 1. The Bertz CT molecular complexity index is 439. The lowest BCUT2D eigenvalue weighted by Gasteiger charge is -2.00. The molecule has 0 radical (unpaired) electrons. The van der Waals surface area contributed by atoms with Gasteiger partial charge in [0.15, 0.2) is 11.5 Å². The third-order valence-electron chi connectivity index (χ3n) is 2.37. The number of hydrogen-bond acceptors (Lipinski definition) is 4. The van der Waals surface area contributed by atoms with Gasteiger partial charge in [0, 0.05) is 11.5 Å². The van der Waals surface area contributed by atoms with Crippen LogP contribution in [-0.4, -0.2) is 22.3 Å². The molecule has 0 aromatic heterocycles. The molecule has 0 bridgehead atoms. The first-order valence-electron chi connectivity index (χ1n) is 5.02. The predicted molar refractivity (Wildman–Crippen MR) is 58.2 cm³/mol. The van der Waals surface area contributed by atoms with Gasteiger partial charge in [-0.05, 0) is 25.0 Å². The summed E-state index contributed by atoms with van der Waals surface area (Å²) < 4.78 is 0. The van der Waals surface area contributed by atoms with Crippen LogP contribution in [0.2, 0.25) is 0 Å². The maximum atomic E-state index is 11.2. The van der Waals surface area contributed by atoms with E-state index in [-0.39, 0.29) is 23.3 Å². The average Bonchev–Trinajstić information content (AvgIpc) is 3.07. The van der Waals surface area contributed by atoms with Crippen LogP contribution in [0.15, 0.2) is 23.3 Å². The van der Waals surface area contributed by atoms with Crippen molar-refractivity contribution in [2.45, 2.75) is 12.8 Å². The van der Waals surface area contributed by atoms with Crippen LogP contribution >= 0.6 is 0 Å². The highest BCUT2D eigenvalue weighted by atomic mass is 16.3. The minimum atomic E-state index is -0.244. The molecular formula is C11H12N2O3. The van der Waals surface area contributed by atoms with Gasteiger partial charge in [0.25, 0.3) is 0 Å². The molecule has 84 valence electrons. The summed E-state index contributed by atoms with van der Waals surface area (Å²) >= 11 is 0. The normalized spacial score (nSPS) is 15.2. The number of nitrogens with one attached hydrogen (secondary N) is 1. The quantitative estimate of drug-likeness (QED) is 0.403. The lowest BCUT2D eigenvalue weighted by molar-refractivity contribution is -0.122. The Balaban J connectivity index is 1.99. The molecule has 1 aromatic rings. The third kappa shape index (κ3) is 2.31. The third-order valence-corrected chi connectivity index (χ3v) is 2.37. The molecule has 5 nitrogen and oxygen atoms in total. The molecule has 1 aliphatic carbocycles. The second kappa shape index (κ2) is 4.22. The second-order valence-corrected chi connectivity index (χ2v) is 3.72. The van der Waals surface area contributed by atoms with Crippen molar-refractivity contribution in [3.8, 4) is 11.5 Å². The SMILES string of the molecule is O=C(N/N=C/c1cccc(O)c1O)C1CC1. The van der Waals surface area contributed by atoms with Gasteiger partial charge < -0.3 is 10.2 Å². The van der Waals surface area contributed by atoms with Gasteiger partial charge in [-0.3, -0.25) is 4.79 Å². The number of amides is 1. The van der Waals surface area contributed by atoms with E-state index in [0.717, 1.165) is 12.8 Å². The molecule has 0 heterocycles. The summed E-state index contributed by atoms with van der Waals surface area (Å²) in [5, 5.41) is 22.3. The Hall–Kier alpha value is -2.04. The number of carbonyl (C=O) groups is 1.